The lowest BCUT2D eigenvalue weighted by molar-refractivity contribution is -0.129. The van der Waals surface area contributed by atoms with Crippen LogP contribution in [0.25, 0.3) is 0 Å². The second-order valence-electron chi connectivity index (χ2n) is 5.53. The van der Waals surface area contributed by atoms with Crippen molar-refractivity contribution in [2.24, 2.45) is 0 Å². The summed E-state index contributed by atoms with van der Waals surface area (Å²) in [5, 5.41) is 3.63. The molecule has 0 aliphatic carbocycles. The van der Waals surface area contributed by atoms with Crippen LogP contribution in [0.1, 0.15) is 26.2 Å². The minimum Gasteiger partial charge on any atom is -0.479 e. The highest BCUT2D eigenvalue weighted by Gasteiger charge is 2.24. The number of halogens is 1. The number of hydrogen-bond donors (Lipinski definition) is 1. The van der Waals surface area contributed by atoms with E-state index in [0.717, 1.165) is 25.9 Å². The average Bonchev–Trinajstić information content (AvgIpc) is 2.48. The standard InChI is InChI=1S/C16H23ClN2O2/c1-3-14(21-15-7-5-4-6-13(15)17)16(20)18-12-8-10-19(2)11-9-12/h4-7,12,14H,3,8-11H2,1-2H3,(H,18,20). The van der Waals surface area contributed by atoms with E-state index in [-0.39, 0.29) is 11.9 Å². The fourth-order valence-corrected chi connectivity index (χ4v) is 2.64. The monoisotopic (exact) mass is 310 g/mol. The first-order valence-electron chi connectivity index (χ1n) is 7.50. The molecule has 1 fully saturated rings. The van der Waals surface area contributed by atoms with Crippen LogP contribution in [-0.2, 0) is 4.79 Å². The zero-order valence-electron chi connectivity index (χ0n) is 12.6. The summed E-state index contributed by atoms with van der Waals surface area (Å²) in [6.45, 7) is 3.98. The van der Waals surface area contributed by atoms with Crippen LogP contribution < -0.4 is 10.1 Å². The Labute approximate surface area is 131 Å². The van der Waals surface area contributed by atoms with Crippen molar-refractivity contribution in [2.75, 3.05) is 20.1 Å². The number of para-hydroxylation sites is 1. The Morgan fingerprint density at radius 3 is 2.71 bits per heavy atom. The molecular formula is C16H23ClN2O2. The second kappa shape index (κ2) is 7.66. The highest BCUT2D eigenvalue weighted by molar-refractivity contribution is 6.32. The third-order valence-electron chi connectivity index (χ3n) is 3.83. The molecule has 1 aromatic carbocycles. The van der Waals surface area contributed by atoms with E-state index >= 15 is 0 Å². The Hall–Kier alpha value is -1.26. The Morgan fingerprint density at radius 1 is 1.43 bits per heavy atom. The van der Waals surface area contributed by atoms with E-state index < -0.39 is 6.10 Å². The highest BCUT2D eigenvalue weighted by Crippen LogP contribution is 2.25. The van der Waals surface area contributed by atoms with Gasteiger partial charge >= 0.3 is 0 Å². The molecule has 1 atom stereocenters. The molecule has 1 N–H and O–H groups in total. The van der Waals surface area contributed by atoms with E-state index in [2.05, 4.69) is 17.3 Å². The van der Waals surface area contributed by atoms with Gasteiger partial charge in [0.15, 0.2) is 6.10 Å². The maximum Gasteiger partial charge on any atom is 0.261 e. The third kappa shape index (κ3) is 4.61. The van der Waals surface area contributed by atoms with Gasteiger partial charge in [-0.3, -0.25) is 4.79 Å². The molecule has 1 aliphatic rings. The van der Waals surface area contributed by atoms with Gasteiger partial charge in [0.05, 0.1) is 5.02 Å². The van der Waals surface area contributed by atoms with Gasteiger partial charge in [-0.1, -0.05) is 30.7 Å². The minimum absolute atomic E-state index is 0.0491. The number of nitrogens with zero attached hydrogens (tertiary/aromatic N) is 1. The number of carbonyl (C=O) groups is 1. The van der Waals surface area contributed by atoms with Gasteiger partial charge in [-0.05, 0) is 51.5 Å². The quantitative estimate of drug-likeness (QED) is 0.909. The molecule has 116 valence electrons. The Morgan fingerprint density at radius 2 is 2.10 bits per heavy atom. The fourth-order valence-electron chi connectivity index (χ4n) is 2.46. The summed E-state index contributed by atoms with van der Waals surface area (Å²) >= 11 is 6.08. The predicted octanol–water partition coefficient (Wildman–Crippen LogP) is 2.71. The Kier molecular flexibility index (Phi) is 5.88. The smallest absolute Gasteiger partial charge is 0.261 e. The molecule has 0 spiro atoms. The van der Waals surface area contributed by atoms with Gasteiger partial charge < -0.3 is 15.0 Å². The zero-order valence-corrected chi connectivity index (χ0v) is 13.4. The van der Waals surface area contributed by atoms with Gasteiger partial charge in [-0.2, -0.15) is 0 Å². The van der Waals surface area contributed by atoms with Gasteiger partial charge in [-0.25, -0.2) is 0 Å². The molecule has 1 amide bonds. The van der Waals surface area contributed by atoms with Crippen LogP contribution in [0, 0.1) is 0 Å². The average molecular weight is 311 g/mol. The summed E-state index contributed by atoms with van der Waals surface area (Å²) in [5.74, 6) is 0.511. The van der Waals surface area contributed by atoms with Crippen molar-refractivity contribution in [3.63, 3.8) is 0 Å². The first-order valence-corrected chi connectivity index (χ1v) is 7.88. The molecule has 0 radical (unpaired) electrons. The molecule has 1 unspecified atom stereocenters. The van der Waals surface area contributed by atoms with Crippen LogP contribution in [0.3, 0.4) is 0 Å². The van der Waals surface area contributed by atoms with Crippen molar-refractivity contribution in [3.8, 4) is 5.75 Å². The van der Waals surface area contributed by atoms with Crippen LogP contribution in [0.5, 0.6) is 5.75 Å². The molecule has 0 saturated carbocycles. The van der Waals surface area contributed by atoms with Gasteiger partial charge in [-0.15, -0.1) is 0 Å². The summed E-state index contributed by atoms with van der Waals surface area (Å²) < 4.78 is 5.76. The predicted molar refractivity (Wildman–Crippen MR) is 84.8 cm³/mol. The number of nitrogens with one attached hydrogen (secondary N) is 1. The third-order valence-corrected chi connectivity index (χ3v) is 4.15. The maximum absolute atomic E-state index is 12.3. The second-order valence-corrected chi connectivity index (χ2v) is 5.94. The van der Waals surface area contributed by atoms with E-state index in [1.54, 1.807) is 12.1 Å². The number of benzene rings is 1. The molecule has 2 rings (SSSR count). The van der Waals surface area contributed by atoms with Crippen molar-refractivity contribution in [2.45, 2.75) is 38.3 Å². The minimum atomic E-state index is -0.496. The van der Waals surface area contributed by atoms with E-state index in [1.807, 2.05) is 19.1 Å². The molecule has 0 bridgehead atoms. The van der Waals surface area contributed by atoms with Gasteiger partial charge in [0.1, 0.15) is 5.75 Å². The summed E-state index contributed by atoms with van der Waals surface area (Å²) in [7, 11) is 2.10. The fraction of sp³-hybridized carbons (Fsp3) is 0.562. The van der Waals surface area contributed by atoms with E-state index in [1.165, 1.54) is 0 Å². The van der Waals surface area contributed by atoms with Crippen LogP contribution in [0.15, 0.2) is 24.3 Å². The number of likely N-dealkylation sites (tertiary alicyclic amines) is 1. The van der Waals surface area contributed by atoms with Crippen molar-refractivity contribution in [1.29, 1.82) is 0 Å². The Bertz CT molecular complexity index is 473. The van der Waals surface area contributed by atoms with Gasteiger partial charge in [0.2, 0.25) is 0 Å². The molecule has 4 nitrogen and oxygen atoms in total. The molecule has 1 saturated heterocycles. The first-order chi connectivity index (χ1) is 10.1. The largest absolute Gasteiger partial charge is 0.479 e. The number of rotatable bonds is 5. The van der Waals surface area contributed by atoms with Crippen molar-refractivity contribution >= 4 is 17.5 Å². The SMILES string of the molecule is CCC(Oc1ccccc1Cl)C(=O)NC1CCN(C)CC1. The number of piperidine rings is 1. The lowest BCUT2D eigenvalue weighted by Crippen LogP contribution is -2.47. The van der Waals surface area contributed by atoms with E-state index in [0.29, 0.717) is 17.2 Å². The van der Waals surface area contributed by atoms with E-state index in [4.69, 9.17) is 16.3 Å². The number of amides is 1. The summed E-state index contributed by atoms with van der Waals surface area (Å²) in [6, 6.07) is 7.49. The maximum atomic E-state index is 12.3. The number of carbonyl (C=O) groups excluding carboxylic acids is 1. The van der Waals surface area contributed by atoms with Gasteiger partial charge in [0.25, 0.3) is 5.91 Å². The lowest BCUT2D eigenvalue weighted by atomic mass is 10.1. The molecule has 1 aromatic rings. The van der Waals surface area contributed by atoms with Crippen molar-refractivity contribution in [3.05, 3.63) is 29.3 Å². The van der Waals surface area contributed by atoms with Crippen LogP contribution >= 0.6 is 11.6 Å². The van der Waals surface area contributed by atoms with Crippen LogP contribution in [0.2, 0.25) is 5.02 Å². The number of hydrogen-bond acceptors (Lipinski definition) is 3. The van der Waals surface area contributed by atoms with Crippen molar-refractivity contribution < 1.29 is 9.53 Å². The molecule has 5 heteroatoms. The molecule has 21 heavy (non-hydrogen) atoms. The van der Waals surface area contributed by atoms with Crippen molar-refractivity contribution in [1.82, 2.24) is 10.2 Å². The van der Waals surface area contributed by atoms with E-state index in [9.17, 15) is 4.79 Å². The topological polar surface area (TPSA) is 41.6 Å². The highest BCUT2D eigenvalue weighted by atomic mass is 35.5. The zero-order chi connectivity index (χ0) is 15.2. The van der Waals surface area contributed by atoms with Crippen LogP contribution in [-0.4, -0.2) is 43.1 Å². The molecule has 0 aromatic heterocycles. The molecule has 1 aliphatic heterocycles. The molecule has 1 heterocycles. The molecular weight excluding hydrogens is 288 g/mol. The van der Waals surface area contributed by atoms with Gasteiger partial charge in [0, 0.05) is 6.04 Å². The summed E-state index contributed by atoms with van der Waals surface area (Å²) in [6.07, 6.45) is 2.10. The summed E-state index contributed by atoms with van der Waals surface area (Å²) in [4.78, 5) is 14.6. The lowest BCUT2D eigenvalue weighted by Gasteiger charge is -2.30. The Balaban J connectivity index is 1.91. The summed E-state index contributed by atoms with van der Waals surface area (Å²) in [5.41, 5.74) is 0. The number of ether oxygens (including phenoxy) is 1. The normalized spacial score (nSPS) is 18.2. The van der Waals surface area contributed by atoms with Crippen LogP contribution in [0.4, 0.5) is 0 Å². The first kappa shape index (κ1) is 16.1.